The molecule has 1 atom stereocenters. The maximum absolute atomic E-state index is 12.0. The number of carbonyl (C=O) groups is 1. The average molecular weight is 283 g/mol. The first-order valence-corrected chi connectivity index (χ1v) is 5.93. The van der Waals surface area contributed by atoms with E-state index < -0.39 is 24.1 Å². The molecule has 0 fully saturated rings. The van der Waals surface area contributed by atoms with Gasteiger partial charge in [-0.05, 0) is 38.5 Å². The lowest BCUT2D eigenvalue weighted by Gasteiger charge is -2.19. The summed E-state index contributed by atoms with van der Waals surface area (Å²) >= 11 is 0. The van der Waals surface area contributed by atoms with Crippen LogP contribution in [0.1, 0.15) is 32.4 Å². The smallest absolute Gasteiger partial charge is 0.387 e. The third kappa shape index (κ3) is 4.19. The molecule has 0 aliphatic carbocycles. The molecule has 0 bridgehead atoms. The van der Waals surface area contributed by atoms with Crippen molar-refractivity contribution in [3.8, 4) is 11.8 Å². The van der Waals surface area contributed by atoms with E-state index in [1.165, 1.54) is 38.1 Å². The van der Waals surface area contributed by atoms with Crippen molar-refractivity contribution >= 4 is 5.97 Å². The van der Waals surface area contributed by atoms with Crippen LogP contribution in [0.2, 0.25) is 0 Å². The lowest BCUT2D eigenvalue weighted by molar-refractivity contribution is -0.156. The first-order valence-electron chi connectivity index (χ1n) is 5.93. The average Bonchev–Trinajstić information content (AvgIpc) is 2.38. The minimum atomic E-state index is -2.88. The maximum atomic E-state index is 12.0. The van der Waals surface area contributed by atoms with Crippen LogP contribution in [0.15, 0.2) is 24.3 Å². The van der Waals surface area contributed by atoms with Crippen molar-refractivity contribution in [2.75, 3.05) is 0 Å². The van der Waals surface area contributed by atoms with Gasteiger partial charge in [0.05, 0.1) is 6.07 Å². The molecule has 1 rings (SSSR count). The molecule has 108 valence electrons. The SMILES string of the molecule is C[C@@H](OC(=O)C(C)(C)C#N)c1ccc(OC(F)F)cc1. The fourth-order valence-electron chi connectivity index (χ4n) is 1.34. The molecule has 0 spiro atoms. The standard InChI is InChI=1S/C14H15F2NO3/c1-9(19-12(18)14(2,3)8-17)10-4-6-11(7-5-10)20-13(15)16/h4-7,9,13H,1-3H3/t9-/m1/s1. The van der Waals surface area contributed by atoms with Crippen molar-refractivity contribution in [2.45, 2.75) is 33.5 Å². The largest absolute Gasteiger partial charge is 0.457 e. The van der Waals surface area contributed by atoms with Gasteiger partial charge >= 0.3 is 12.6 Å². The molecule has 0 radical (unpaired) electrons. The Balaban J connectivity index is 2.71. The molecule has 20 heavy (non-hydrogen) atoms. The summed E-state index contributed by atoms with van der Waals surface area (Å²) in [5.41, 5.74) is -0.610. The number of carbonyl (C=O) groups excluding carboxylic acids is 1. The summed E-state index contributed by atoms with van der Waals surface area (Å²) in [4.78, 5) is 11.7. The van der Waals surface area contributed by atoms with Crippen LogP contribution in [0.25, 0.3) is 0 Å². The van der Waals surface area contributed by atoms with Gasteiger partial charge in [0.2, 0.25) is 0 Å². The summed E-state index contributed by atoms with van der Waals surface area (Å²) in [6, 6.07) is 7.62. The van der Waals surface area contributed by atoms with Crippen molar-refractivity contribution in [2.24, 2.45) is 5.41 Å². The monoisotopic (exact) mass is 283 g/mol. The van der Waals surface area contributed by atoms with Crippen LogP contribution in [0, 0.1) is 16.7 Å². The minimum absolute atomic E-state index is 0.0274. The third-order valence-electron chi connectivity index (χ3n) is 2.65. The van der Waals surface area contributed by atoms with Gasteiger partial charge in [-0.1, -0.05) is 12.1 Å². The van der Waals surface area contributed by atoms with E-state index in [4.69, 9.17) is 10.00 Å². The second kappa shape index (κ2) is 6.33. The van der Waals surface area contributed by atoms with Gasteiger partial charge in [-0.15, -0.1) is 0 Å². The molecule has 0 unspecified atom stereocenters. The normalized spacial score (nSPS) is 12.7. The van der Waals surface area contributed by atoms with Crippen LogP contribution >= 0.6 is 0 Å². The predicted molar refractivity (Wildman–Crippen MR) is 67.0 cm³/mol. The summed E-state index contributed by atoms with van der Waals surface area (Å²) < 4.78 is 33.4. The van der Waals surface area contributed by atoms with Crippen molar-refractivity contribution in [1.29, 1.82) is 5.26 Å². The van der Waals surface area contributed by atoms with Gasteiger partial charge in [0, 0.05) is 0 Å². The van der Waals surface area contributed by atoms with Crippen LogP contribution in [0.3, 0.4) is 0 Å². The van der Waals surface area contributed by atoms with Gasteiger partial charge in [-0.2, -0.15) is 14.0 Å². The van der Waals surface area contributed by atoms with Crippen LogP contribution < -0.4 is 4.74 Å². The van der Waals surface area contributed by atoms with Crippen molar-refractivity contribution < 1.29 is 23.0 Å². The Morgan fingerprint density at radius 2 is 1.85 bits per heavy atom. The number of hydrogen-bond donors (Lipinski definition) is 0. The second-order valence-corrected chi connectivity index (χ2v) is 4.73. The van der Waals surface area contributed by atoms with Crippen LogP contribution in [-0.2, 0) is 9.53 Å². The molecule has 0 aliphatic heterocycles. The summed E-state index contributed by atoms with van der Waals surface area (Å²) in [7, 11) is 0. The van der Waals surface area contributed by atoms with E-state index in [1.807, 2.05) is 6.07 Å². The summed E-state index contributed by atoms with van der Waals surface area (Å²) in [5.74, 6) is -0.611. The zero-order chi connectivity index (χ0) is 15.3. The molecule has 0 amide bonds. The minimum Gasteiger partial charge on any atom is -0.457 e. The molecule has 0 heterocycles. The Morgan fingerprint density at radius 3 is 2.30 bits per heavy atom. The van der Waals surface area contributed by atoms with Gasteiger partial charge in [0.25, 0.3) is 0 Å². The van der Waals surface area contributed by atoms with E-state index >= 15 is 0 Å². The number of nitriles is 1. The van der Waals surface area contributed by atoms with Crippen molar-refractivity contribution in [3.05, 3.63) is 29.8 Å². The highest BCUT2D eigenvalue weighted by molar-refractivity contribution is 5.79. The van der Waals surface area contributed by atoms with Crippen LogP contribution in [0.5, 0.6) is 5.75 Å². The Hall–Kier alpha value is -2.16. The topological polar surface area (TPSA) is 59.3 Å². The molecule has 0 saturated heterocycles. The van der Waals surface area contributed by atoms with Gasteiger partial charge in [0.15, 0.2) is 0 Å². The summed E-state index contributed by atoms with van der Waals surface area (Å²) in [6.07, 6.45) is -0.587. The third-order valence-corrected chi connectivity index (χ3v) is 2.65. The summed E-state index contributed by atoms with van der Waals surface area (Å²) in [6.45, 7) is 1.67. The van der Waals surface area contributed by atoms with Gasteiger partial charge in [0.1, 0.15) is 17.3 Å². The molecule has 4 nitrogen and oxygen atoms in total. The zero-order valence-corrected chi connectivity index (χ0v) is 11.4. The Morgan fingerprint density at radius 1 is 1.30 bits per heavy atom. The maximum Gasteiger partial charge on any atom is 0.387 e. The number of halogens is 2. The molecular weight excluding hydrogens is 268 g/mol. The van der Waals surface area contributed by atoms with E-state index in [2.05, 4.69) is 4.74 Å². The number of rotatable bonds is 5. The Labute approximate surface area is 115 Å². The predicted octanol–water partition coefficient (Wildman–Crippen LogP) is 3.44. The van der Waals surface area contributed by atoms with E-state index in [9.17, 15) is 13.6 Å². The molecule has 0 saturated carbocycles. The Kier molecular flexibility index (Phi) is 5.03. The van der Waals surface area contributed by atoms with Crippen molar-refractivity contribution in [3.63, 3.8) is 0 Å². The lowest BCUT2D eigenvalue weighted by atomic mass is 9.96. The first-order chi connectivity index (χ1) is 9.26. The molecule has 0 N–H and O–H groups in total. The van der Waals surface area contributed by atoms with E-state index in [-0.39, 0.29) is 5.75 Å². The van der Waals surface area contributed by atoms with Crippen LogP contribution in [0.4, 0.5) is 8.78 Å². The number of benzene rings is 1. The Bertz CT molecular complexity index is 506. The number of esters is 1. The quantitative estimate of drug-likeness (QED) is 0.777. The van der Waals surface area contributed by atoms with E-state index in [1.54, 1.807) is 6.92 Å². The van der Waals surface area contributed by atoms with E-state index in [0.717, 1.165) is 0 Å². The summed E-state index contributed by atoms with van der Waals surface area (Å²) in [5, 5.41) is 8.83. The fraction of sp³-hybridized carbons (Fsp3) is 0.429. The lowest BCUT2D eigenvalue weighted by Crippen LogP contribution is -2.25. The zero-order valence-electron chi connectivity index (χ0n) is 11.4. The number of ether oxygens (including phenoxy) is 2. The highest BCUT2D eigenvalue weighted by atomic mass is 19.3. The first kappa shape index (κ1) is 15.9. The van der Waals surface area contributed by atoms with Crippen molar-refractivity contribution in [1.82, 2.24) is 0 Å². The molecule has 1 aromatic carbocycles. The fourth-order valence-corrected chi connectivity index (χ4v) is 1.34. The van der Waals surface area contributed by atoms with E-state index in [0.29, 0.717) is 5.56 Å². The molecule has 1 aromatic rings. The highest BCUT2D eigenvalue weighted by Gasteiger charge is 2.30. The highest BCUT2D eigenvalue weighted by Crippen LogP contribution is 2.25. The molecular formula is C14H15F2NO3. The van der Waals surface area contributed by atoms with Gasteiger partial charge < -0.3 is 9.47 Å². The second-order valence-electron chi connectivity index (χ2n) is 4.73. The van der Waals surface area contributed by atoms with Gasteiger partial charge in [-0.3, -0.25) is 4.79 Å². The molecule has 0 aliphatic rings. The molecule has 0 aromatic heterocycles. The number of alkyl halides is 2. The van der Waals surface area contributed by atoms with Crippen LogP contribution in [-0.4, -0.2) is 12.6 Å². The van der Waals surface area contributed by atoms with Gasteiger partial charge in [-0.25, -0.2) is 0 Å². The number of hydrogen-bond acceptors (Lipinski definition) is 4. The molecule has 6 heteroatoms. The number of nitrogens with zero attached hydrogens (tertiary/aromatic N) is 1.